The highest BCUT2D eigenvalue weighted by Crippen LogP contribution is 2.51. The quantitative estimate of drug-likeness (QED) is 0.197. The number of hydrogen-bond acceptors (Lipinski definition) is 8. The molecule has 236 valence electrons. The van der Waals surface area contributed by atoms with Crippen molar-refractivity contribution in [3.63, 3.8) is 0 Å². The molecule has 6 rings (SSSR count). The molecule has 1 aliphatic heterocycles. The fourth-order valence-electron chi connectivity index (χ4n) is 7.13. The van der Waals surface area contributed by atoms with Crippen LogP contribution in [-0.4, -0.2) is 55.6 Å². The summed E-state index contributed by atoms with van der Waals surface area (Å²) in [6, 6.07) is 9.81. The molecule has 2 aliphatic carbocycles. The molecular weight excluding hydrogens is 591 g/mol. The molecule has 2 heterocycles. The highest BCUT2D eigenvalue weighted by Gasteiger charge is 2.47. The van der Waals surface area contributed by atoms with Crippen molar-refractivity contribution in [2.75, 3.05) is 49.1 Å². The topological polar surface area (TPSA) is 91.4 Å². The van der Waals surface area contributed by atoms with Gasteiger partial charge >= 0.3 is 0 Å². The highest BCUT2D eigenvalue weighted by molar-refractivity contribution is 7.70. The maximum Gasteiger partial charge on any atom is 0.229 e. The third-order valence-electron chi connectivity index (χ3n) is 9.84. The molecule has 0 bridgehead atoms. The predicted octanol–water partition coefficient (Wildman–Crippen LogP) is 7.55. The van der Waals surface area contributed by atoms with Crippen molar-refractivity contribution < 1.29 is 9.30 Å². The summed E-state index contributed by atoms with van der Waals surface area (Å²) in [5.41, 5.74) is 6.69. The Bertz CT molecular complexity index is 1590. The Kier molecular flexibility index (Phi) is 8.64. The average molecular weight is 637 g/mol. The fraction of sp³-hybridized carbons (Fsp3) is 0.529. The van der Waals surface area contributed by atoms with Gasteiger partial charge in [0.05, 0.1) is 24.7 Å². The Morgan fingerprint density at radius 2 is 1.80 bits per heavy atom. The summed E-state index contributed by atoms with van der Waals surface area (Å²) in [7, 11) is -0.874. The molecule has 3 N–H and O–H groups in total. The van der Waals surface area contributed by atoms with Gasteiger partial charge in [-0.25, -0.2) is 4.98 Å². The summed E-state index contributed by atoms with van der Waals surface area (Å²) in [6.07, 6.45) is 10.4. The Morgan fingerprint density at radius 3 is 2.43 bits per heavy atom. The van der Waals surface area contributed by atoms with Crippen LogP contribution in [0.2, 0.25) is 5.02 Å². The van der Waals surface area contributed by atoms with Gasteiger partial charge in [0.2, 0.25) is 5.95 Å². The largest absolute Gasteiger partial charge is 0.494 e. The number of hydrogen-bond donors (Lipinski definition) is 3. The second-order valence-electron chi connectivity index (χ2n) is 13.5. The van der Waals surface area contributed by atoms with Crippen LogP contribution in [-0.2, 0) is 11.0 Å². The lowest BCUT2D eigenvalue weighted by atomic mass is 9.60. The van der Waals surface area contributed by atoms with Gasteiger partial charge in [-0.15, -0.1) is 0 Å². The molecular formula is C34H46ClN6O2P. The molecule has 3 aromatic rings. The molecule has 0 unspecified atom stereocenters. The van der Waals surface area contributed by atoms with E-state index in [1.807, 2.05) is 26.0 Å². The summed E-state index contributed by atoms with van der Waals surface area (Å²) in [6.45, 7) is 12.0. The van der Waals surface area contributed by atoms with E-state index in [-0.39, 0.29) is 0 Å². The molecule has 10 heteroatoms. The van der Waals surface area contributed by atoms with Gasteiger partial charge in [0, 0.05) is 42.2 Å². The van der Waals surface area contributed by atoms with Crippen LogP contribution in [0.25, 0.3) is 0 Å². The van der Waals surface area contributed by atoms with E-state index < -0.39 is 7.14 Å². The van der Waals surface area contributed by atoms with E-state index in [2.05, 4.69) is 44.9 Å². The SMILES string of the molecule is CCc1cc(Nc2ncc(Cl)c(Nc3ccc(C)c(C)c3P(C)(C)=O)n2)c(OC)cc1N1CCC2(CC1)CC(NC1CC1)C2. The number of piperidine rings is 1. The van der Waals surface area contributed by atoms with Crippen LogP contribution in [0.3, 0.4) is 0 Å². The van der Waals surface area contributed by atoms with Crippen molar-refractivity contribution in [3.05, 3.63) is 52.2 Å². The van der Waals surface area contributed by atoms with E-state index in [4.69, 9.17) is 21.3 Å². The van der Waals surface area contributed by atoms with Crippen LogP contribution < -0.4 is 30.9 Å². The van der Waals surface area contributed by atoms with Gasteiger partial charge in [0.1, 0.15) is 17.9 Å². The summed E-state index contributed by atoms with van der Waals surface area (Å²) in [4.78, 5) is 11.7. The van der Waals surface area contributed by atoms with E-state index in [0.29, 0.717) is 22.2 Å². The Morgan fingerprint density at radius 1 is 1.07 bits per heavy atom. The molecule has 0 atom stereocenters. The number of aromatic nitrogens is 2. The van der Waals surface area contributed by atoms with Gasteiger partial charge < -0.3 is 30.2 Å². The van der Waals surface area contributed by atoms with Crippen molar-refractivity contribution >= 4 is 52.9 Å². The number of methoxy groups -OCH3 is 1. The minimum Gasteiger partial charge on any atom is -0.494 e. The summed E-state index contributed by atoms with van der Waals surface area (Å²) >= 11 is 6.55. The molecule has 1 saturated heterocycles. The van der Waals surface area contributed by atoms with E-state index in [1.165, 1.54) is 49.8 Å². The van der Waals surface area contributed by atoms with Gasteiger partial charge in [-0.2, -0.15) is 4.98 Å². The van der Waals surface area contributed by atoms with Gasteiger partial charge in [0.15, 0.2) is 5.82 Å². The second kappa shape index (κ2) is 12.2. The Hall–Kier alpha value is -2.80. The van der Waals surface area contributed by atoms with Gasteiger partial charge in [-0.05, 0) is 106 Å². The predicted molar refractivity (Wildman–Crippen MR) is 184 cm³/mol. The number of nitrogens with one attached hydrogen (secondary N) is 3. The number of halogens is 1. The molecule has 2 aromatic carbocycles. The van der Waals surface area contributed by atoms with Gasteiger partial charge in [0.25, 0.3) is 0 Å². The lowest BCUT2D eigenvalue weighted by molar-refractivity contribution is 0.0520. The molecule has 1 spiro atoms. The zero-order chi connectivity index (χ0) is 31.2. The van der Waals surface area contributed by atoms with E-state index in [9.17, 15) is 4.57 Å². The van der Waals surface area contributed by atoms with Crippen molar-refractivity contribution in [3.8, 4) is 5.75 Å². The third kappa shape index (κ3) is 6.45. The van der Waals surface area contributed by atoms with E-state index in [0.717, 1.165) is 65.1 Å². The standard InChI is InChI=1S/C34H46ClN6O2P/c1-7-23-16-28(30(43-4)17-29(23)41-14-12-34(13-15-41)18-25(19-34)37-24-9-10-24)39-33-36-20-26(35)32(40-33)38-27-11-8-21(2)22(3)31(27)44(5,6)42/h8,11,16-17,20,24-25,37H,7,9-10,12-15,18-19H2,1-6H3,(H2,36,38,39,40). The lowest BCUT2D eigenvalue weighted by Gasteiger charge is -2.53. The van der Waals surface area contributed by atoms with E-state index in [1.54, 1.807) is 26.6 Å². The molecule has 0 amide bonds. The minimum atomic E-state index is -2.58. The van der Waals surface area contributed by atoms with Gasteiger partial charge in [-0.1, -0.05) is 24.6 Å². The van der Waals surface area contributed by atoms with Crippen LogP contribution >= 0.6 is 18.7 Å². The molecule has 3 aliphatic rings. The maximum absolute atomic E-state index is 13.2. The monoisotopic (exact) mass is 636 g/mol. The van der Waals surface area contributed by atoms with Gasteiger partial charge in [-0.3, -0.25) is 0 Å². The van der Waals surface area contributed by atoms with Crippen LogP contribution in [0.15, 0.2) is 30.5 Å². The lowest BCUT2D eigenvalue weighted by Crippen LogP contribution is -2.54. The number of nitrogens with zero attached hydrogens (tertiary/aromatic N) is 3. The molecule has 44 heavy (non-hydrogen) atoms. The fourth-order valence-corrected chi connectivity index (χ4v) is 8.97. The average Bonchev–Trinajstić information content (AvgIpc) is 3.79. The first-order chi connectivity index (χ1) is 21.0. The number of benzene rings is 2. The molecule has 1 aromatic heterocycles. The molecule has 2 saturated carbocycles. The first kappa shape index (κ1) is 31.2. The zero-order valence-electron chi connectivity index (χ0n) is 26.9. The highest BCUT2D eigenvalue weighted by atomic mass is 35.5. The number of anilines is 5. The van der Waals surface area contributed by atoms with Crippen LogP contribution in [0, 0.1) is 19.3 Å². The smallest absolute Gasteiger partial charge is 0.229 e. The summed E-state index contributed by atoms with van der Waals surface area (Å²) in [5.74, 6) is 1.59. The molecule has 3 fully saturated rings. The first-order valence-corrected chi connectivity index (χ1v) is 18.9. The second-order valence-corrected chi connectivity index (χ2v) is 17.0. The van der Waals surface area contributed by atoms with Crippen molar-refractivity contribution in [2.45, 2.75) is 77.8 Å². The number of ether oxygens (including phenoxy) is 1. The summed E-state index contributed by atoms with van der Waals surface area (Å²) in [5, 5.41) is 11.7. The van der Waals surface area contributed by atoms with E-state index >= 15 is 0 Å². The first-order valence-electron chi connectivity index (χ1n) is 15.9. The van der Waals surface area contributed by atoms with Crippen LogP contribution in [0.4, 0.5) is 28.8 Å². The summed E-state index contributed by atoms with van der Waals surface area (Å²) < 4.78 is 19.1. The minimum absolute atomic E-state index is 0.377. The normalized spacial score (nSPS) is 18.3. The zero-order valence-corrected chi connectivity index (χ0v) is 28.5. The van der Waals surface area contributed by atoms with Crippen LogP contribution in [0.1, 0.15) is 62.1 Å². The van der Waals surface area contributed by atoms with Crippen molar-refractivity contribution in [1.29, 1.82) is 0 Å². The molecule has 0 radical (unpaired) electrons. The Balaban J connectivity index is 1.20. The third-order valence-corrected chi connectivity index (χ3v) is 11.8. The maximum atomic E-state index is 13.2. The molecule has 8 nitrogen and oxygen atoms in total. The van der Waals surface area contributed by atoms with Crippen molar-refractivity contribution in [1.82, 2.24) is 15.3 Å². The number of aryl methyl sites for hydroxylation is 2. The number of rotatable bonds is 10. The van der Waals surface area contributed by atoms with Crippen LogP contribution in [0.5, 0.6) is 5.75 Å². The van der Waals surface area contributed by atoms with Crippen molar-refractivity contribution in [2.24, 2.45) is 5.41 Å². The Labute approximate surface area is 267 Å².